The van der Waals surface area contributed by atoms with Gasteiger partial charge in [0.1, 0.15) is 0 Å². The van der Waals surface area contributed by atoms with Crippen LogP contribution in [0.5, 0.6) is 0 Å². The van der Waals surface area contributed by atoms with Gasteiger partial charge in [0.15, 0.2) is 0 Å². The van der Waals surface area contributed by atoms with E-state index in [1.807, 2.05) is 0 Å². The van der Waals surface area contributed by atoms with Crippen molar-refractivity contribution in [2.75, 3.05) is 38.5 Å². The predicted molar refractivity (Wildman–Crippen MR) is 82.0 cm³/mol. The van der Waals surface area contributed by atoms with E-state index in [0.717, 1.165) is 39.0 Å². The van der Waals surface area contributed by atoms with E-state index >= 15 is 0 Å². The molecule has 1 saturated heterocycles. The molecule has 0 spiro atoms. The SMILES string of the molecule is CCCC(C(N)=S)N1CCN(CCSC(F)(F)F)CC1. The van der Waals surface area contributed by atoms with E-state index < -0.39 is 5.51 Å². The van der Waals surface area contributed by atoms with Gasteiger partial charge in [-0.05, 0) is 18.2 Å². The lowest BCUT2D eigenvalue weighted by Crippen LogP contribution is -2.54. The lowest BCUT2D eigenvalue weighted by Gasteiger charge is -2.38. The maximum absolute atomic E-state index is 12.1. The zero-order valence-electron chi connectivity index (χ0n) is 11.7. The van der Waals surface area contributed by atoms with Crippen LogP contribution in [0.4, 0.5) is 13.2 Å². The van der Waals surface area contributed by atoms with Crippen molar-refractivity contribution < 1.29 is 13.2 Å². The van der Waals surface area contributed by atoms with Gasteiger partial charge in [-0.3, -0.25) is 9.80 Å². The number of alkyl halides is 3. The standard InChI is InChI=1S/C12H22F3N3S2/c1-2-3-10(11(16)19)18-6-4-17(5-7-18)8-9-20-12(13,14)15/h10H,2-9H2,1H3,(H2,16,19). The van der Waals surface area contributed by atoms with Crippen LogP contribution in [-0.4, -0.2) is 64.8 Å². The molecule has 1 unspecified atom stereocenters. The molecule has 118 valence electrons. The summed E-state index contributed by atoms with van der Waals surface area (Å²) in [7, 11) is 0. The number of hydrogen-bond acceptors (Lipinski definition) is 4. The van der Waals surface area contributed by atoms with Crippen molar-refractivity contribution in [2.45, 2.75) is 31.3 Å². The Kier molecular flexibility index (Phi) is 7.57. The Bertz CT molecular complexity index is 305. The number of nitrogens with zero attached hydrogens (tertiary/aromatic N) is 2. The van der Waals surface area contributed by atoms with Gasteiger partial charge in [0.25, 0.3) is 0 Å². The first-order chi connectivity index (χ1) is 9.33. The summed E-state index contributed by atoms with van der Waals surface area (Å²) in [5.74, 6) is 0.0944. The molecule has 0 bridgehead atoms. The Morgan fingerprint density at radius 3 is 2.35 bits per heavy atom. The van der Waals surface area contributed by atoms with E-state index in [1.54, 1.807) is 0 Å². The van der Waals surface area contributed by atoms with Gasteiger partial charge in [0, 0.05) is 38.5 Å². The molecule has 0 aromatic rings. The molecular formula is C12H22F3N3S2. The Morgan fingerprint density at radius 2 is 1.90 bits per heavy atom. The second-order valence-corrected chi connectivity index (χ2v) is 6.51. The van der Waals surface area contributed by atoms with E-state index in [4.69, 9.17) is 18.0 Å². The summed E-state index contributed by atoms with van der Waals surface area (Å²) in [6, 6.07) is 0.127. The van der Waals surface area contributed by atoms with E-state index in [1.165, 1.54) is 0 Å². The first-order valence-electron chi connectivity index (χ1n) is 6.80. The van der Waals surface area contributed by atoms with Crippen molar-refractivity contribution in [1.29, 1.82) is 0 Å². The Morgan fingerprint density at radius 1 is 1.30 bits per heavy atom. The van der Waals surface area contributed by atoms with Gasteiger partial charge < -0.3 is 5.73 Å². The smallest absolute Gasteiger partial charge is 0.392 e. The second-order valence-electron chi connectivity index (χ2n) is 4.88. The molecule has 1 atom stereocenters. The first-order valence-corrected chi connectivity index (χ1v) is 8.19. The molecule has 0 amide bonds. The van der Waals surface area contributed by atoms with Crippen molar-refractivity contribution in [3.05, 3.63) is 0 Å². The van der Waals surface area contributed by atoms with E-state index in [0.29, 0.717) is 11.5 Å². The predicted octanol–water partition coefficient (Wildman–Crippen LogP) is 2.31. The van der Waals surface area contributed by atoms with Crippen molar-refractivity contribution in [1.82, 2.24) is 9.80 Å². The molecule has 1 fully saturated rings. The molecule has 0 aromatic carbocycles. The maximum Gasteiger partial charge on any atom is 0.441 e. The molecule has 0 aromatic heterocycles. The lowest BCUT2D eigenvalue weighted by atomic mass is 10.1. The monoisotopic (exact) mass is 329 g/mol. The molecule has 0 aliphatic carbocycles. The third kappa shape index (κ3) is 6.60. The van der Waals surface area contributed by atoms with E-state index in [9.17, 15) is 13.2 Å². The highest BCUT2D eigenvalue weighted by molar-refractivity contribution is 8.00. The van der Waals surface area contributed by atoms with Crippen LogP contribution in [0, 0.1) is 0 Å². The second kappa shape index (κ2) is 8.41. The van der Waals surface area contributed by atoms with Crippen molar-refractivity contribution in [3.63, 3.8) is 0 Å². The summed E-state index contributed by atoms with van der Waals surface area (Å²) in [6.45, 7) is 5.76. The lowest BCUT2D eigenvalue weighted by molar-refractivity contribution is -0.0329. The number of rotatable bonds is 7. The summed E-state index contributed by atoms with van der Waals surface area (Å²) >= 11 is 5.15. The third-order valence-corrected chi connectivity index (χ3v) is 4.40. The van der Waals surface area contributed by atoms with Crippen molar-refractivity contribution >= 4 is 29.0 Å². The van der Waals surface area contributed by atoms with Gasteiger partial charge in [0.2, 0.25) is 0 Å². The van der Waals surface area contributed by atoms with E-state index in [2.05, 4.69) is 16.7 Å². The Hall–Kier alpha value is -0.0500. The molecule has 20 heavy (non-hydrogen) atoms. The molecule has 1 heterocycles. The van der Waals surface area contributed by atoms with Crippen LogP contribution in [-0.2, 0) is 0 Å². The number of hydrogen-bond donors (Lipinski definition) is 1. The zero-order chi connectivity index (χ0) is 15.2. The largest absolute Gasteiger partial charge is 0.441 e. The fourth-order valence-electron chi connectivity index (χ4n) is 2.37. The summed E-state index contributed by atoms with van der Waals surface area (Å²) < 4.78 is 36.2. The molecular weight excluding hydrogens is 307 g/mol. The fraction of sp³-hybridized carbons (Fsp3) is 0.917. The number of halogens is 3. The molecule has 0 saturated carbocycles. The average molecular weight is 329 g/mol. The van der Waals surface area contributed by atoms with Gasteiger partial charge in [-0.15, -0.1) is 0 Å². The van der Waals surface area contributed by atoms with E-state index in [-0.39, 0.29) is 23.6 Å². The quantitative estimate of drug-likeness (QED) is 0.725. The van der Waals surface area contributed by atoms with Crippen LogP contribution in [0.2, 0.25) is 0 Å². The molecule has 1 rings (SSSR count). The third-order valence-electron chi connectivity index (χ3n) is 3.41. The Labute approximate surface area is 128 Å². The van der Waals surface area contributed by atoms with Gasteiger partial charge in [0.05, 0.1) is 11.0 Å². The van der Waals surface area contributed by atoms with Crippen LogP contribution < -0.4 is 5.73 Å². The normalized spacial score (nSPS) is 20.0. The summed E-state index contributed by atoms with van der Waals surface area (Å²) in [5, 5.41) is 0. The van der Waals surface area contributed by atoms with Gasteiger partial charge in [-0.2, -0.15) is 13.2 Å². The van der Waals surface area contributed by atoms with Gasteiger partial charge >= 0.3 is 5.51 Å². The van der Waals surface area contributed by atoms with Gasteiger partial charge in [-0.25, -0.2) is 0 Å². The topological polar surface area (TPSA) is 32.5 Å². The molecule has 8 heteroatoms. The van der Waals surface area contributed by atoms with Crippen molar-refractivity contribution in [3.8, 4) is 0 Å². The zero-order valence-corrected chi connectivity index (χ0v) is 13.3. The Balaban J connectivity index is 2.30. The van der Waals surface area contributed by atoms with Crippen LogP contribution in [0.25, 0.3) is 0 Å². The number of thiocarbonyl (C=S) groups is 1. The minimum absolute atomic E-state index is 0.0513. The number of nitrogens with two attached hydrogens (primary N) is 1. The number of piperazine rings is 1. The highest BCUT2D eigenvalue weighted by Crippen LogP contribution is 2.29. The minimum atomic E-state index is -4.13. The number of thioether (sulfide) groups is 1. The van der Waals surface area contributed by atoms with Crippen LogP contribution in [0.15, 0.2) is 0 Å². The molecule has 3 nitrogen and oxygen atoms in total. The summed E-state index contributed by atoms with van der Waals surface area (Å²) in [5.41, 5.74) is 1.64. The van der Waals surface area contributed by atoms with Gasteiger partial charge in [-0.1, -0.05) is 25.6 Å². The summed E-state index contributed by atoms with van der Waals surface area (Å²) in [4.78, 5) is 4.84. The van der Waals surface area contributed by atoms with Crippen LogP contribution in [0.3, 0.4) is 0 Å². The van der Waals surface area contributed by atoms with Crippen LogP contribution >= 0.6 is 24.0 Å². The molecule has 0 radical (unpaired) electrons. The first kappa shape index (κ1) is 18.0. The average Bonchev–Trinajstić information content (AvgIpc) is 2.35. The highest BCUT2D eigenvalue weighted by atomic mass is 32.2. The minimum Gasteiger partial charge on any atom is -0.392 e. The maximum atomic E-state index is 12.1. The fourth-order valence-corrected chi connectivity index (χ4v) is 3.22. The van der Waals surface area contributed by atoms with Crippen molar-refractivity contribution in [2.24, 2.45) is 5.73 Å². The molecule has 2 N–H and O–H groups in total. The highest BCUT2D eigenvalue weighted by Gasteiger charge is 2.29. The molecule has 1 aliphatic heterocycles. The molecule has 1 aliphatic rings. The summed E-state index contributed by atoms with van der Waals surface area (Å²) in [6.07, 6.45) is 1.96. The van der Waals surface area contributed by atoms with Crippen LogP contribution in [0.1, 0.15) is 19.8 Å².